The zero-order valence-corrected chi connectivity index (χ0v) is 7.70. The van der Waals surface area contributed by atoms with Crippen LogP contribution in [0.4, 0.5) is 0 Å². The fourth-order valence-corrected chi connectivity index (χ4v) is 0.354. The fourth-order valence-electron chi connectivity index (χ4n) is 0.354. The zero-order chi connectivity index (χ0) is 8.12. The van der Waals surface area contributed by atoms with Crippen LogP contribution in [0.5, 0.6) is 0 Å². The van der Waals surface area contributed by atoms with Gasteiger partial charge in [-0.25, -0.2) is 0 Å². The summed E-state index contributed by atoms with van der Waals surface area (Å²) in [4.78, 5) is 0. The lowest BCUT2D eigenvalue weighted by molar-refractivity contribution is 0.772. The van der Waals surface area contributed by atoms with Crippen molar-refractivity contribution in [2.24, 2.45) is 5.73 Å². The zero-order valence-electron chi connectivity index (χ0n) is 7.70. The Bertz CT molecular complexity index is 12.0. The molecule has 1 nitrogen and oxygen atoms in total. The van der Waals surface area contributed by atoms with E-state index < -0.39 is 0 Å². The summed E-state index contributed by atoms with van der Waals surface area (Å²) in [5.74, 6) is 0. The van der Waals surface area contributed by atoms with Gasteiger partial charge >= 0.3 is 0 Å². The quantitative estimate of drug-likeness (QED) is 0.616. The highest BCUT2D eigenvalue weighted by molar-refractivity contribution is 4.24. The van der Waals surface area contributed by atoms with Gasteiger partial charge in [0.1, 0.15) is 0 Å². The summed E-state index contributed by atoms with van der Waals surface area (Å²) in [7, 11) is 1.50. The Kier molecular flexibility index (Phi) is 78.2. The molecular weight excluding hydrogens is 110 g/mol. The van der Waals surface area contributed by atoms with Crippen molar-refractivity contribution in [3.05, 3.63) is 0 Å². The molecule has 0 atom stereocenters. The Labute approximate surface area is 60.6 Å². The van der Waals surface area contributed by atoms with Gasteiger partial charge in [0.15, 0.2) is 0 Å². The Morgan fingerprint density at radius 2 is 1.11 bits per heavy atom. The first-order chi connectivity index (χ1) is 4.41. The molecule has 0 aromatic rings. The van der Waals surface area contributed by atoms with Crippen LogP contribution in [0.25, 0.3) is 0 Å². The molecule has 0 radical (unpaired) electrons. The van der Waals surface area contributed by atoms with Gasteiger partial charge in [-0.15, -0.1) is 0 Å². The van der Waals surface area contributed by atoms with Crippen LogP contribution in [0.2, 0.25) is 0 Å². The van der Waals surface area contributed by atoms with Gasteiger partial charge in [0, 0.05) is 0 Å². The van der Waals surface area contributed by atoms with Crippen molar-refractivity contribution < 1.29 is 0 Å². The van der Waals surface area contributed by atoms with Crippen LogP contribution >= 0.6 is 0 Å². The average Bonchev–Trinajstić information content (AvgIpc) is 1.98. The van der Waals surface area contributed by atoms with Gasteiger partial charge in [-0.3, -0.25) is 0 Å². The maximum Gasteiger partial charge on any atom is -0.0195 e. The molecule has 0 aromatic carbocycles. The van der Waals surface area contributed by atoms with Crippen molar-refractivity contribution in [2.45, 2.75) is 47.0 Å². The maximum atomic E-state index is 4.50. The number of rotatable bonds is 2. The topological polar surface area (TPSA) is 26.0 Å². The van der Waals surface area contributed by atoms with Gasteiger partial charge in [-0.05, 0) is 7.05 Å². The van der Waals surface area contributed by atoms with E-state index in [0.29, 0.717) is 0 Å². The molecule has 0 rings (SSSR count). The van der Waals surface area contributed by atoms with E-state index in [9.17, 15) is 0 Å². The van der Waals surface area contributed by atoms with E-state index in [-0.39, 0.29) is 0 Å². The van der Waals surface area contributed by atoms with Crippen LogP contribution in [0.15, 0.2) is 0 Å². The third kappa shape index (κ3) is 73.6. The van der Waals surface area contributed by atoms with Crippen LogP contribution < -0.4 is 5.73 Å². The van der Waals surface area contributed by atoms with Crippen molar-refractivity contribution >= 4 is 0 Å². The molecule has 0 aromatic heterocycles. The molecule has 0 aliphatic carbocycles. The van der Waals surface area contributed by atoms with Gasteiger partial charge in [0.05, 0.1) is 0 Å². The Morgan fingerprint density at radius 1 is 0.889 bits per heavy atom. The molecule has 0 spiro atoms. The normalized spacial score (nSPS) is 6.00. The molecule has 0 saturated carbocycles. The standard InChI is InChI=1S/C5H12.C2H6.CH5N/c1-3-5-4-2;2*1-2/h3-5H2,1-2H3;1-2H3;2H2,1H3. The second-order valence-corrected chi connectivity index (χ2v) is 1.35. The molecule has 9 heavy (non-hydrogen) atoms. The van der Waals surface area contributed by atoms with Gasteiger partial charge in [-0.2, -0.15) is 0 Å². The molecule has 60 valence electrons. The van der Waals surface area contributed by atoms with Crippen molar-refractivity contribution in [1.29, 1.82) is 0 Å². The van der Waals surface area contributed by atoms with Crippen LogP contribution in [0.1, 0.15) is 47.0 Å². The van der Waals surface area contributed by atoms with Crippen LogP contribution in [-0.4, -0.2) is 7.05 Å². The summed E-state index contributed by atoms with van der Waals surface area (Å²) in [5.41, 5.74) is 4.50. The van der Waals surface area contributed by atoms with Crippen molar-refractivity contribution in [3.63, 3.8) is 0 Å². The summed E-state index contributed by atoms with van der Waals surface area (Å²) >= 11 is 0. The largest absolute Gasteiger partial charge is 0.333 e. The van der Waals surface area contributed by atoms with Gasteiger partial charge in [0.2, 0.25) is 0 Å². The molecule has 0 fully saturated rings. The lowest BCUT2D eigenvalue weighted by atomic mass is 10.3. The summed E-state index contributed by atoms with van der Waals surface area (Å²) < 4.78 is 0. The lowest BCUT2D eigenvalue weighted by Crippen LogP contribution is -1.69. The van der Waals surface area contributed by atoms with Crippen LogP contribution in [0, 0.1) is 0 Å². The highest BCUT2D eigenvalue weighted by Crippen LogP contribution is 1.88. The summed E-state index contributed by atoms with van der Waals surface area (Å²) in [6.45, 7) is 8.42. The summed E-state index contributed by atoms with van der Waals surface area (Å²) in [6, 6.07) is 0. The molecular formula is C8H23N. The smallest absolute Gasteiger partial charge is 0.0195 e. The van der Waals surface area contributed by atoms with Gasteiger partial charge in [0.25, 0.3) is 0 Å². The Hall–Kier alpha value is -0.0400. The highest BCUT2D eigenvalue weighted by Gasteiger charge is 1.68. The SMILES string of the molecule is CC.CCCCC.CN. The van der Waals surface area contributed by atoms with E-state index in [1.54, 1.807) is 0 Å². The minimum absolute atomic E-state index is 1.34. The van der Waals surface area contributed by atoms with E-state index in [4.69, 9.17) is 0 Å². The Balaban J connectivity index is -0.0000000771. The molecule has 0 unspecified atom stereocenters. The van der Waals surface area contributed by atoms with Crippen LogP contribution in [-0.2, 0) is 0 Å². The number of unbranched alkanes of at least 4 members (excludes halogenated alkanes) is 2. The third-order valence-electron chi connectivity index (χ3n) is 0.707. The second kappa shape index (κ2) is 44.0. The number of nitrogens with two attached hydrogens (primary N) is 1. The first kappa shape index (κ1) is 16.0. The minimum atomic E-state index is 1.34. The summed E-state index contributed by atoms with van der Waals surface area (Å²) in [6.07, 6.45) is 4.08. The predicted octanol–water partition coefficient (Wildman–Crippen LogP) is 2.80. The second-order valence-electron chi connectivity index (χ2n) is 1.35. The van der Waals surface area contributed by atoms with E-state index in [0.717, 1.165) is 0 Å². The molecule has 0 saturated heterocycles. The third-order valence-corrected chi connectivity index (χ3v) is 0.707. The number of hydrogen-bond donors (Lipinski definition) is 1. The molecule has 0 aliphatic rings. The average molecular weight is 133 g/mol. The van der Waals surface area contributed by atoms with Crippen molar-refractivity contribution in [3.8, 4) is 0 Å². The minimum Gasteiger partial charge on any atom is -0.333 e. The molecule has 1 heteroatoms. The van der Waals surface area contributed by atoms with E-state index in [2.05, 4.69) is 19.6 Å². The Morgan fingerprint density at radius 3 is 1.11 bits per heavy atom. The summed E-state index contributed by atoms with van der Waals surface area (Å²) in [5, 5.41) is 0. The molecule has 2 N–H and O–H groups in total. The lowest BCUT2D eigenvalue weighted by Gasteiger charge is -1.79. The first-order valence-electron chi connectivity index (χ1n) is 3.99. The molecule has 0 amide bonds. The monoisotopic (exact) mass is 133 g/mol. The van der Waals surface area contributed by atoms with Crippen molar-refractivity contribution in [1.82, 2.24) is 0 Å². The number of hydrogen-bond acceptors (Lipinski definition) is 1. The van der Waals surface area contributed by atoms with Crippen LogP contribution in [0.3, 0.4) is 0 Å². The van der Waals surface area contributed by atoms with Crippen molar-refractivity contribution in [2.75, 3.05) is 7.05 Å². The van der Waals surface area contributed by atoms with Gasteiger partial charge in [-0.1, -0.05) is 47.0 Å². The highest BCUT2D eigenvalue weighted by atomic mass is 14.4. The van der Waals surface area contributed by atoms with Gasteiger partial charge < -0.3 is 5.73 Å². The molecule has 0 heterocycles. The van der Waals surface area contributed by atoms with E-state index >= 15 is 0 Å². The predicted molar refractivity (Wildman–Crippen MR) is 46.7 cm³/mol. The van der Waals surface area contributed by atoms with E-state index in [1.807, 2.05) is 13.8 Å². The fraction of sp³-hybridized carbons (Fsp3) is 1.00. The molecule has 0 bridgehead atoms. The van der Waals surface area contributed by atoms with E-state index in [1.165, 1.54) is 26.3 Å². The maximum absolute atomic E-state index is 4.50. The molecule has 0 aliphatic heterocycles. The first-order valence-corrected chi connectivity index (χ1v) is 3.99.